The standard InChI is InChI=1S/C30H37ClFN6O7P/c1-17(2)43-29(40)18(3)36-46(41,45-22-13-9-11-20-10-7-8-12-21(20)22)42-15-30(14-31)25(39)23(32)28(44-30)38-16-33-24-26(37(5)6)34-19(4)35-27(24)38/h7-13,16-18,23,25,28,39H,14-15H2,1-6H3,(H,36,41)/t18-,23-,25-,28+,30+,46+/m0/s1. The Labute approximate surface area is 270 Å². The van der Waals surface area contributed by atoms with E-state index in [-0.39, 0.29) is 11.4 Å². The summed E-state index contributed by atoms with van der Waals surface area (Å²) in [6.45, 7) is 5.81. The number of aromatic nitrogens is 4. The molecule has 1 aliphatic heterocycles. The molecule has 5 rings (SSSR count). The molecule has 2 aromatic heterocycles. The molecule has 4 aromatic rings. The van der Waals surface area contributed by atoms with Crippen molar-refractivity contribution < 1.29 is 37.4 Å². The van der Waals surface area contributed by atoms with Crippen molar-refractivity contribution in [2.24, 2.45) is 0 Å². The number of ether oxygens (including phenoxy) is 2. The van der Waals surface area contributed by atoms with Crippen LogP contribution in [0.2, 0.25) is 0 Å². The van der Waals surface area contributed by atoms with Crippen LogP contribution in [0.1, 0.15) is 32.8 Å². The zero-order chi connectivity index (χ0) is 33.4. The number of benzene rings is 2. The molecule has 1 fully saturated rings. The predicted molar refractivity (Wildman–Crippen MR) is 171 cm³/mol. The number of anilines is 1. The third kappa shape index (κ3) is 6.69. The minimum absolute atomic E-state index is 0.198. The molecular weight excluding hydrogens is 642 g/mol. The molecule has 0 saturated carbocycles. The Morgan fingerprint density at radius 2 is 1.93 bits per heavy atom. The monoisotopic (exact) mass is 678 g/mol. The number of nitrogens with one attached hydrogen (secondary N) is 1. The van der Waals surface area contributed by atoms with Crippen molar-refractivity contribution in [1.29, 1.82) is 0 Å². The Kier molecular flexibility index (Phi) is 9.88. The second-order valence-electron chi connectivity index (χ2n) is 11.6. The number of nitrogens with zero attached hydrogens (tertiary/aromatic N) is 5. The van der Waals surface area contributed by atoms with Gasteiger partial charge in [0.05, 0.1) is 24.9 Å². The van der Waals surface area contributed by atoms with E-state index in [0.29, 0.717) is 22.5 Å². The third-order valence-electron chi connectivity index (χ3n) is 7.41. The molecule has 1 saturated heterocycles. The van der Waals surface area contributed by atoms with E-state index in [9.17, 15) is 14.5 Å². The molecule has 0 unspecified atom stereocenters. The minimum atomic E-state index is -4.46. The Balaban J connectivity index is 1.46. The fraction of sp³-hybridized carbons (Fsp3) is 0.467. The highest BCUT2D eigenvalue weighted by molar-refractivity contribution is 7.52. The number of hydrogen-bond acceptors (Lipinski definition) is 11. The van der Waals surface area contributed by atoms with Crippen LogP contribution < -0.4 is 14.5 Å². The number of hydrogen-bond donors (Lipinski definition) is 2. The molecular formula is C30H37ClFN6O7P. The molecule has 1 aliphatic rings. The van der Waals surface area contributed by atoms with E-state index in [2.05, 4.69) is 20.0 Å². The molecule has 0 bridgehead atoms. The Morgan fingerprint density at radius 3 is 2.63 bits per heavy atom. The van der Waals surface area contributed by atoms with Gasteiger partial charge in [-0.1, -0.05) is 36.4 Å². The van der Waals surface area contributed by atoms with Crippen LogP contribution in [0.5, 0.6) is 5.75 Å². The largest absolute Gasteiger partial charge is 0.462 e. The number of aliphatic hydroxyl groups excluding tert-OH is 1. The highest BCUT2D eigenvalue weighted by Gasteiger charge is 2.57. The first-order chi connectivity index (χ1) is 21.8. The molecule has 0 aliphatic carbocycles. The normalized spacial score (nSPS) is 23.5. The predicted octanol–water partition coefficient (Wildman–Crippen LogP) is 4.69. The lowest BCUT2D eigenvalue weighted by atomic mass is 9.99. The second kappa shape index (κ2) is 13.4. The molecule has 6 atom stereocenters. The maximum atomic E-state index is 15.9. The first-order valence-electron chi connectivity index (χ1n) is 14.6. The third-order valence-corrected chi connectivity index (χ3v) is 9.47. The van der Waals surface area contributed by atoms with Gasteiger partial charge in [-0.05, 0) is 39.1 Å². The van der Waals surface area contributed by atoms with E-state index in [1.807, 2.05) is 18.2 Å². The number of imidazole rings is 1. The van der Waals surface area contributed by atoms with Gasteiger partial charge in [-0.15, -0.1) is 11.6 Å². The fourth-order valence-electron chi connectivity index (χ4n) is 5.12. The van der Waals surface area contributed by atoms with E-state index >= 15 is 4.39 Å². The summed E-state index contributed by atoms with van der Waals surface area (Å²) in [7, 11) is -0.882. The molecule has 0 spiro atoms. The minimum Gasteiger partial charge on any atom is -0.462 e. The van der Waals surface area contributed by atoms with Crippen LogP contribution in [-0.4, -0.2) is 87.2 Å². The number of carbonyl (C=O) groups excluding carboxylic acids is 1. The van der Waals surface area contributed by atoms with Crippen molar-refractivity contribution >= 4 is 53.1 Å². The SMILES string of the molecule is Cc1nc(N(C)C)c2ncn([C@@H]3O[C@](CCl)(CO[P@](=O)(N[C@@H](C)C(=O)OC(C)C)Oc4cccc5ccccc45)[C@@H](O)[C@@H]3F)c2n1. The summed E-state index contributed by atoms with van der Waals surface area (Å²) in [5.74, 6) is -0.0151. The lowest BCUT2D eigenvalue weighted by molar-refractivity contribution is -0.149. The molecule has 3 heterocycles. The first-order valence-corrected chi connectivity index (χ1v) is 16.7. The lowest BCUT2D eigenvalue weighted by Crippen LogP contribution is -2.48. The number of fused-ring (bicyclic) bond motifs is 2. The molecule has 13 nitrogen and oxygen atoms in total. The molecule has 2 N–H and O–H groups in total. The van der Waals surface area contributed by atoms with Gasteiger partial charge in [0.25, 0.3) is 0 Å². The first kappa shape index (κ1) is 34.0. The molecule has 2 aromatic carbocycles. The van der Waals surface area contributed by atoms with E-state index in [0.717, 1.165) is 5.39 Å². The van der Waals surface area contributed by atoms with Gasteiger partial charge in [-0.2, -0.15) is 5.09 Å². The molecule has 0 radical (unpaired) electrons. The van der Waals surface area contributed by atoms with E-state index < -0.39 is 62.5 Å². The summed E-state index contributed by atoms with van der Waals surface area (Å²) in [6, 6.07) is 11.3. The van der Waals surface area contributed by atoms with Crippen LogP contribution >= 0.6 is 19.3 Å². The highest BCUT2D eigenvalue weighted by atomic mass is 35.5. The lowest BCUT2D eigenvalue weighted by Gasteiger charge is -2.31. The number of halogens is 2. The van der Waals surface area contributed by atoms with Gasteiger partial charge in [0.15, 0.2) is 29.4 Å². The van der Waals surface area contributed by atoms with Crippen molar-refractivity contribution in [2.45, 2.75) is 63.9 Å². The van der Waals surface area contributed by atoms with Crippen molar-refractivity contribution in [3.8, 4) is 5.75 Å². The fourth-order valence-corrected chi connectivity index (χ4v) is 6.98. The summed E-state index contributed by atoms with van der Waals surface area (Å²) < 4.78 is 54.8. The Morgan fingerprint density at radius 1 is 1.22 bits per heavy atom. The van der Waals surface area contributed by atoms with Gasteiger partial charge in [-0.25, -0.2) is 23.9 Å². The zero-order valence-corrected chi connectivity index (χ0v) is 27.9. The average Bonchev–Trinajstić information content (AvgIpc) is 3.53. The van der Waals surface area contributed by atoms with E-state index in [1.54, 1.807) is 64.0 Å². The molecule has 16 heteroatoms. The molecule has 0 amide bonds. The summed E-state index contributed by atoms with van der Waals surface area (Å²) in [6.07, 6.45) is -4.34. The van der Waals surface area contributed by atoms with Crippen LogP contribution in [0.15, 0.2) is 48.8 Å². The van der Waals surface area contributed by atoms with Crippen LogP contribution in [0, 0.1) is 6.92 Å². The van der Waals surface area contributed by atoms with Gasteiger partial charge in [0, 0.05) is 19.5 Å². The van der Waals surface area contributed by atoms with Gasteiger partial charge in [-0.3, -0.25) is 13.9 Å². The van der Waals surface area contributed by atoms with Gasteiger partial charge in [0.1, 0.15) is 29.3 Å². The number of alkyl halides is 2. The second-order valence-corrected chi connectivity index (χ2v) is 13.5. The molecule has 248 valence electrons. The quantitative estimate of drug-likeness (QED) is 0.122. The van der Waals surface area contributed by atoms with Crippen molar-refractivity contribution in [3.05, 3.63) is 54.6 Å². The maximum absolute atomic E-state index is 15.9. The Hall–Kier alpha value is -3.39. The topological polar surface area (TPSA) is 150 Å². The Bertz CT molecular complexity index is 1770. The van der Waals surface area contributed by atoms with Gasteiger partial charge >= 0.3 is 13.7 Å². The smallest absolute Gasteiger partial charge is 0.459 e. The van der Waals surface area contributed by atoms with E-state index in [1.165, 1.54) is 17.8 Å². The van der Waals surface area contributed by atoms with Crippen LogP contribution in [0.3, 0.4) is 0 Å². The van der Waals surface area contributed by atoms with Gasteiger partial charge < -0.3 is 24.0 Å². The summed E-state index contributed by atoms with van der Waals surface area (Å²) in [5, 5.41) is 15.2. The van der Waals surface area contributed by atoms with Crippen molar-refractivity contribution in [1.82, 2.24) is 24.6 Å². The number of rotatable bonds is 12. The zero-order valence-electron chi connectivity index (χ0n) is 26.3. The van der Waals surface area contributed by atoms with Crippen LogP contribution in [0.25, 0.3) is 21.9 Å². The summed E-state index contributed by atoms with van der Waals surface area (Å²) >= 11 is 6.33. The van der Waals surface area contributed by atoms with Crippen molar-refractivity contribution in [2.75, 3.05) is 31.5 Å². The number of aliphatic hydroxyl groups is 1. The average molecular weight is 679 g/mol. The number of aryl methyl sites for hydroxylation is 1. The van der Waals surface area contributed by atoms with Crippen molar-refractivity contribution in [3.63, 3.8) is 0 Å². The summed E-state index contributed by atoms with van der Waals surface area (Å²) in [4.78, 5) is 27.6. The van der Waals surface area contributed by atoms with Crippen LogP contribution in [-0.2, 0) is 23.4 Å². The molecule has 46 heavy (non-hydrogen) atoms. The maximum Gasteiger partial charge on any atom is 0.459 e. The van der Waals surface area contributed by atoms with Crippen LogP contribution in [0.4, 0.5) is 10.2 Å². The number of esters is 1. The summed E-state index contributed by atoms with van der Waals surface area (Å²) in [5.41, 5.74) is -1.21. The van der Waals surface area contributed by atoms with Gasteiger partial charge in [0.2, 0.25) is 0 Å². The highest BCUT2D eigenvalue weighted by Crippen LogP contribution is 2.50. The van der Waals surface area contributed by atoms with E-state index in [4.69, 9.17) is 30.1 Å². The number of carbonyl (C=O) groups is 1.